The van der Waals surface area contributed by atoms with Crippen LogP contribution in [0.15, 0.2) is 48.5 Å². The number of Topliss-reactive ketones (excluding diaryl/α,β-unsaturated/α-hetero) is 1. The van der Waals surface area contributed by atoms with E-state index in [9.17, 15) is 14.4 Å². The van der Waals surface area contributed by atoms with Crippen LogP contribution in [-0.4, -0.2) is 24.4 Å². The molecule has 0 saturated carbocycles. The number of esters is 1. The summed E-state index contributed by atoms with van der Waals surface area (Å²) in [6.45, 7) is 3.81. The maximum Gasteiger partial charge on any atom is 0.338 e. The van der Waals surface area contributed by atoms with Gasteiger partial charge in [-0.25, -0.2) is 9.59 Å². The van der Waals surface area contributed by atoms with Gasteiger partial charge >= 0.3 is 12.0 Å². The quantitative estimate of drug-likeness (QED) is 0.612. The maximum atomic E-state index is 12.1. The molecule has 2 rings (SSSR count). The van der Waals surface area contributed by atoms with Gasteiger partial charge in [-0.3, -0.25) is 4.79 Å². The zero-order valence-corrected chi connectivity index (χ0v) is 14.2. The van der Waals surface area contributed by atoms with Crippen molar-refractivity contribution in [2.24, 2.45) is 0 Å². The Morgan fingerprint density at radius 1 is 0.880 bits per heavy atom. The van der Waals surface area contributed by atoms with Crippen LogP contribution in [0, 0.1) is 0 Å². The standard InChI is InChI=1S/C19H20N2O4/c1-3-17(22)13-8-10-15(11-9-13)20-19(24)21-16-7-5-6-14(12-16)18(23)25-4-2/h5-12H,3-4H2,1-2H3,(H2,20,21,24). The van der Waals surface area contributed by atoms with Crippen LogP contribution in [0.1, 0.15) is 41.0 Å². The van der Waals surface area contributed by atoms with E-state index >= 15 is 0 Å². The summed E-state index contributed by atoms with van der Waals surface area (Å²) in [6.07, 6.45) is 0.435. The predicted octanol–water partition coefficient (Wildman–Crippen LogP) is 4.10. The lowest BCUT2D eigenvalue weighted by atomic mass is 10.1. The largest absolute Gasteiger partial charge is 0.462 e. The van der Waals surface area contributed by atoms with Crippen LogP contribution >= 0.6 is 0 Å². The summed E-state index contributed by atoms with van der Waals surface area (Å²) in [6, 6.07) is 12.7. The van der Waals surface area contributed by atoms with Crippen molar-refractivity contribution in [1.29, 1.82) is 0 Å². The zero-order chi connectivity index (χ0) is 18.2. The summed E-state index contributed by atoms with van der Waals surface area (Å²) in [5.74, 6) is -0.394. The number of nitrogens with one attached hydrogen (secondary N) is 2. The van der Waals surface area contributed by atoms with Gasteiger partial charge in [-0.1, -0.05) is 13.0 Å². The van der Waals surface area contributed by atoms with Crippen LogP contribution in [0.5, 0.6) is 0 Å². The molecule has 0 spiro atoms. The van der Waals surface area contributed by atoms with Crippen LogP contribution in [0.4, 0.5) is 16.2 Å². The molecule has 0 aromatic heterocycles. The van der Waals surface area contributed by atoms with Gasteiger partial charge in [-0.05, 0) is 49.4 Å². The van der Waals surface area contributed by atoms with Crippen LogP contribution in [0.3, 0.4) is 0 Å². The van der Waals surface area contributed by atoms with Crippen LogP contribution < -0.4 is 10.6 Å². The summed E-state index contributed by atoms with van der Waals surface area (Å²) in [5.41, 5.74) is 2.00. The van der Waals surface area contributed by atoms with E-state index in [0.717, 1.165) is 0 Å². The Morgan fingerprint density at radius 3 is 2.20 bits per heavy atom. The normalized spacial score (nSPS) is 10.0. The Kier molecular flexibility index (Phi) is 6.28. The van der Waals surface area contributed by atoms with Crippen molar-refractivity contribution in [3.05, 3.63) is 59.7 Å². The molecule has 0 fully saturated rings. The molecule has 130 valence electrons. The SMILES string of the molecule is CCOC(=O)c1cccc(NC(=O)Nc2ccc(C(=O)CC)cc2)c1. The number of carbonyl (C=O) groups excluding carboxylic acids is 3. The number of ketones is 1. The number of rotatable bonds is 6. The fraction of sp³-hybridized carbons (Fsp3) is 0.211. The number of hydrogen-bond acceptors (Lipinski definition) is 4. The molecule has 0 saturated heterocycles. The molecule has 2 N–H and O–H groups in total. The molecule has 0 bridgehead atoms. The fourth-order valence-electron chi connectivity index (χ4n) is 2.18. The number of amides is 2. The number of anilines is 2. The van der Waals surface area contributed by atoms with E-state index in [4.69, 9.17) is 4.74 Å². The number of carbonyl (C=O) groups is 3. The van der Waals surface area contributed by atoms with Crippen molar-refractivity contribution in [2.45, 2.75) is 20.3 Å². The molecule has 6 heteroatoms. The average Bonchev–Trinajstić information content (AvgIpc) is 2.62. The summed E-state index contributed by atoms with van der Waals surface area (Å²) >= 11 is 0. The van der Waals surface area contributed by atoms with Crippen molar-refractivity contribution in [3.8, 4) is 0 Å². The Balaban J connectivity index is 1.99. The van der Waals surface area contributed by atoms with E-state index in [1.165, 1.54) is 0 Å². The fourth-order valence-corrected chi connectivity index (χ4v) is 2.18. The number of urea groups is 1. The average molecular weight is 340 g/mol. The minimum Gasteiger partial charge on any atom is -0.462 e. The molecular weight excluding hydrogens is 320 g/mol. The third kappa shape index (κ3) is 5.17. The third-order valence-corrected chi connectivity index (χ3v) is 3.42. The highest BCUT2D eigenvalue weighted by Gasteiger charge is 2.09. The second-order valence-electron chi connectivity index (χ2n) is 5.23. The van der Waals surface area contributed by atoms with Gasteiger partial charge in [-0.2, -0.15) is 0 Å². The number of benzene rings is 2. The van der Waals surface area contributed by atoms with Crippen LogP contribution in [0.2, 0.25) is 0 Å². The van der Waals surface area contributed by atoms with Crippen molar-refractivity contribution >= 4 is 29.2 Å². The molecule has 0 radical (unpaired) electrons. The van der Waals surface area contributed by atoms with Gasteiger partial charge in [-0.15, -0.1) is 0 Å². The second kappa shape index (κ2) is 8.63. The first-order chi connectivity index (χ1) is 12.0. The summed E-state index contributed by atoms with van der Waals surface area (Å²) in [4.78, 5) is 35.3. The number of ether oxygens (including phenoxy) is 1. The lowest BCUT2D eigenvalue weighted by Gasteiger charge is -2.09. The van der Waals surface area contributed by atoms with Crippen molar-refractivity contribution in [3.63, 3.8) is 0 Å². The minimum atomic E-state index is -0.449. The topological polar surface area (TPSA) is 84.5 Å². The molecule has 6 nitrogen and oxygen atoms in total. The molecular formula is C19H20N2O4. The third-order valence-electron chi connectivity index (χ3n) is 3.42. The first kappa shape index (κ1) is 18.2. The molecule has 0 heterocycles. The van der Waals surface area contributed by atoms with E-state index < -0.39 is 12.0 Å². The maximum absolute atomic E-state index is 12.1. The van der Waals surface area contributed by atoms with Gasteiger partial charge in [0.2, 0.25) is 0 Å². The van der Waals surface area contributed by atoms with Gasteiger partial charge in [0.05, 0.1) is 12.2 Å². The van der Waals surface area contributed by atoms with Crippen molar-refractivity contribution < 1.29 is 19.1 Å². The smallest absolute Gasteiger partial charge is 0.338 e. The van der Waals surface area contributed by atoms with E-state index in [1.54, 1.807) is 62.4 Å². The molecule has 0 aliphatic carbocycles. The molecule has 2 amide bonds. The summed E-state index contributed by atoms with van der Waals surface area (Å²) < 4.78 is 4.93. The molecule has 2 aromatic rings. The first-order valence-electron chi connectivity index (χ1n) is 8.02. The minimum absolute atomic E-state index is 0.0479. The monoisotopic (exact) mass is 340 g/mol. The van der Waals surface area contributed by atoms with Gasteiger partial charge < -0.3 is 15.4 Å². The second-order valence-corrected chi connectivity index (χ2v) is 5.23. The Morgan fingerprint density at radius 2 is 1.56 bits per heavy atom. The predicted molar refractivity (Wildman–Crippen MR) is 96.1 cm³/mol. The summed E-state index contributed by atoms with van der Waals surface area (Å²) in [5, 5.41) is 5.32. The lowest BCUT2D eigenvalue weighted by molar-refractivity contribution is 0.0526. The van der Waals surface area contributed by atoms with E-state index in [0.29, 0.717) is 28.9 Å². The highest BCUT2D eigenvalue weighted by Crippen LogP contribution is 2.14. The Labute approximate surface area is 146 Å². The molecule has 0 aliphatic heterocycles. The van der Waals surface area contributed by atoms with Gasteiger partial charge in [0.25, 0.3) is 0 Å². The summed E-state index contributed by atoms with van der Waals surface area (Å²) in [7, 11) is 0. The Hall–Kier alpha value is -3.15. The molecule has 0 aliphatic rings. The van der Waals surface area contributed by atoms with Gasteiger partial charge in [0.1, 0.15) is 0 Å². The van der Waals surface area contributed by atoms with Gasteiger partial charge in [0.15, 0.2) is 5.78 Å². The van der Waals surface area contributed by atoms with E-state index in [2.05, 4.69) is 10.6 Å². The van der Waals surface area contributed by atoms with Crippen molar-refractivity contribution in [1.82, 2.24) is 0 Å². The molecule has 0 atom stereocenters. The molecule has 0 unspecified atom stereocenters. The van der Waals surface area contributed by atoms with Crippen molar-refractivity contribution in [2.75, 3.05) is 17.2 Å². The van der Waals surface area contributed by atoms with E-state index in [1.807, 2.05) is 0 Å². The van der Waals surface area contributed by atoms with E-state index in [-0.39, 0.29) is 12.4 Å². The zero-order valence-electron chi connectivity index (χ0n) is 14.2. The Bertz CT molecular complexity index is 769. The first-order valence-corrected chi connectivity index (χ1v) is 8.02. The molecule has 2 aromatic carbocycles. The highest BCUT2D eigenvalue weighted by atomic mass is 16.5. The number of hydrogen-bond donors (Lipinski definition) is 2. The van der Waals surface area contributed by atoms with Gasteiger partial charge in [0, 0.05) is 23.4 Å². The van der Waals surface area contributed by atoms with Crippen LogP contribution in [-0.2, 0) is 4.74 Å². The molecule has 25 heavy (non-hydrogen) atoms. The lowest BCUT2D eigenvalue weighted by Crippen LogP contribution is -2.19. The highest BCUT2D eigenvalue weighted by molar-refractivity contribution is 6.01. The van der Waals surface area contributed by atoms with Crippen LogP contribution in [0.25, 0.3) is 0 Å².